The van der Waals surface area contributed by atoms with Crippen LogP contribution in [-0.4, -0.2) is 44.2 Å². The van der Waals surface area contributed by atoms with Crippen LogP contribution in [0.5, 0.6) is 5.75 Å². The molecule has 2 rings (SSSR count). The van der Waals surface area contributed by atoms with Gasteiger partial charge in [0.2, 0.25) is 0 Å². The minimum absolute atomic E-state index is 0.224. The topological polar surface area (TPSA) is 24.5 Å². The molecular formula is C13H19FN2O. The Morgan fingerprint density at radius 3 is 2.59 bits per heavy atom. The highest BCUT2D eigenvalue weighted by Gasteiger charge is 2.08. The molecule has 0 bridgehead atoms. The molecule has 1 aromatic rings. The van der Waals surface area contributed by atoms with Crippen LogP contribution in [0.3, 0.4) is 0 Å². The van der Waals surface area contributed by atoms with Crippen molar-refractivity contribution in [2.45, 2.75) is 6.42 Å². The summed E-state index contributed by atoms with van der Waals surface area (Å²) < 4.78 is 18.2. The molecule has 1 N–H and O–H groups in total. The predicted octanol–water partition coefficient (Wildman–Crippen LogP) is 1.50. The van der Waals surface area contributed by atoms with Gasteiger partial charge in [-0.2, -0.15) is 0 Å². The second-order valence-corrected chi connectivity index (χ2v) is 4.25. The van der Waals surface area contributed by atoms with E-state index in [9.17, 15) is 4.39 Å². The molecule has 0 spiro atoms. The third-order valence-corrected chi connectivity index (χ3v) is 2.91. The van der Waals surface area contributed by atoms with E-state index in [0.29, 0.717) is 6.61 Å². The number of ether oxygens (including phenoxy) is 1. The van der Waals surface area contributed by atoms with E-state index < -0.39 is 0 Å². The highest BCUT2D eigenvalue weighted by Crippen LogP contribution is 2.11. The first kappa shape index (κ1) is 12.3. The smallest absolute Gasteiger partial charge is 0.123 e. The maximum absolute atomic E-state index is 12.6. The van der Waals surface area contributed by atoms with Gasteiger partial charge in [0.15, 0.2) is 0 Å². The molecule has 94 valence electrons. The third-order valence-electron chi connectivity index (χ3n) is 2.91. The second kappa shape index (κ2) is 6.57. The normalized spacial score (nSPS) is 17.0. The zero-order valence-electron chi connectivity index (χ0n) is 9.99. The summed E-state index contributed by atoms with van der Waals surface area (Å²) in [6.07, 6.45) is 1.01. The molecule has 3 nitrogen and oxygen atoms in total. The number of hydrogen-bond donors (Lipinski definition) is 1. The largest absolute Gasteiger partial charge is 0.494 e. The van der Waals surface area contributed by atoms with E-state index in [1.165, 1.54) is 12.1 Å². The molecule has 0 aliphatic carbocycles. The first-order valence-electron chi connectivity index (χ1n) is 6.16. The standard InChI is InChI=1S/C13H19FN2O/c14-12-2-4-13(5-3-12)17-11-1-8-16-9-6-15-7-10-16/h2-5,15H,1,6-11H2. The van der Waals surface area contributed by atoms with Crippen molar-refractivity contribution in [3.8, 4) is 5.75 Å². The van der Waals surface area contributed by atoms with Crippen LogP contribution in [-0.2, 0) is 0 Å². The van der Waals surface area contributed by atoms with Crippen LogP contribution >= 0.6 is 0 Å². The minimum atomic E-state index is -0.224. The van der Waals surface area contributed by atoms with Gasteiger partial charge in [0.05, 0.1) is 6.61 Å². The summed E-state index contributed by atoms with van der Waals surface area (Å²) in [6, 6.07) is 6.18. The molecule has 4 heteroatoms. The van der Waals surface area contributed by atoms with E-state index in [1.807, 2.05) is 0 Å². The number of piperazine rings is 1. The lowest BCUT2D eigenvalue weighted by Crippen LogP contribution is -2.43. The average Bonchev–Trinajstić information content (AvgIpc) is 2.38. The summed E-state index contributed by atoms with van der Waals surface area (Å²) in [5.74, 6) is 0.518. The van der Waals surface area contributed by atoms with Gasteiger partial charge >= 0.3 is 0 Å². The number of nitrogens with one attached hydrogen (secondary N) is 1. The third kappa shape index (κ3) is 4.32. The van der Waals surface area contributed by atoms with Crippen LogP contribution in [0.15, 0.2) is 24.3 Å². The quantitative estimate of drug-likeness (QED) is 0.787. The molecule has 1 fully saturated rings. The van der Waals surface area contributed by atoms with E-state index in [2.05, 4.69) is 10.2 Å². The lowest BCUT2D eigenvalue weighted by atomic mass is 10.3. The molecule has 0 amide bonds. The molecule has 1 aliphatic rings. The molecule has 0 aromatic heterocycles. The minimum Gasteiger partial charge on any atom is -0.494 e. The van der Waals surface area contributed by atoms with Gasteiger partial charge in [-0.15, -0.1) is 0 Å². The van der Waals surface area contributed by atoms with Crippen LogP contribution in [0.1, 0.15) is 6.42 Å². The van der Waals surface area contributed by atoms with E-state index in [-0.39, 0.29) is 5.82 Å². The van der Waals surface area contributed by atoms with Crippen molar-refractivity contribution in [3.05, 3.63) is 30.1 Å². The second-order valence-electron chi connectivity index (χ2n) is 4.25. The SMILES string of the molecule is Fc1ccc(OCCCN2CCNCC2)cc1. The van der Waals surface area contributed by atoms with Gasteiger partial charge in [-0.3, -0.25) is 0 Å². The molecule has 0 unspecified atom stereocenters. The molecule has 17 heavy (non-hydrogen) atoms. The Morgan fingerprint density at radius 2 is 1.88 bits per heavy atom. The lowest BCUT2D eigenvalue weighted by molar-refractivity contribution is 0.214. The molecule has 1 aromatic carbocycles. The van der Waals surface area contributed by atoms with Crippen molar-refractivity contribution < 1.29 is 9.13 Å². The van der Waals surface area contributed by atoms with Crippen molar-refractivity contribution in [2.24, 2.45) is 0 Å². The number of rotatable bonds is 5. The van der Waals surface area contributed by atoms with Gasteiger partial charge in [0, 0.05) is 32.7 Å². The Kier molecular flexibility index (Phi) is 4.76. The number of benzene rings is 1. The van der Waals surface area contributed by atoms with Crippen LogP contribution in [0.2, 0.25) is 0 Å². The zero-order chi connectivity index (χ0) is 11.9. The first-order valence-corrected chi connectivity index (χ1v) is 6.16. The van der Waals surface area contributed by atoms with Crippen molar-refractivity contribution in [2.75, 3.05) is 39.3 Å². The Hall–Kier alpha value is -1.13. The van der Waals surface area contributed by atoms with Gasteiger partial charge in [0.1, 0.15) is 11.6 Å². The molecule has 0 atom stereocenters. The van der Waals surface area contributed by atoms with Gasteiger partial charge < -0.3 is 15.0 Å². The summed E-state index contributed by atoms with van der Waals surface area (Å²) in [7, 11) is 0. The highest BCUT2D eigenvalue weighted by molar-refractivity contribution is 5.21. The van der Waals surface area contributed by atoms with Gasteiger partial charge in [-0.05, 0) is 30.7 Å². The summed E-state index contributed by atoms with van der Waals surface area (Å²) in [6.45, 7) is 6.17. The van der Waals surface area contributed by atoms with Gasteiger partial charge in [-0.25, -0.2) is 4.39 Å². The van der Waals surface area contributed by atoms with E-state index >= 15 is 0 Å². The van der Waals surface area contributed by atoms with Crippen LogP contribution in [0.4, 0.5) is 4.39 Å². The Labute approximate surface area is 102 Å². The van der Waals surface area contributed by atoms with Crippen molar-refractivity contribution in [3.63, 3.8) is 0 Å². The van der Waals surface area contributed by atoms with Gasteiger partial charge in [-0.1, -0.05) is 0 Å². The maximum atomic E-state index is 12.6. The fourth-order valence-electron chi connectivity index (χ4n) is 1.94. The van der Waals surface area contributed by atoms with Crippen molar-refractivity contribution in [1.29, 1.82) is 0 Å². The molecule has 1 heterocycles. The average molecular weight is 238 g/mol. The summed E-state index contributed by atoms with van der Waals surface area (Å²) in [5, 5.41) is 3.33. The summed E-state index contributed by atoms with van der Waals surface area (Å²) in [4.78, 5) is 2.44. The molecule has 1 aliphatic heterocycles. The lowest BCUT2D eigenvalue weighted by Gasteiger charge is -2.26. The zero-order valence-corrected chi connectivity index (χ0v) is 9.99. The number of halogens is 1. The fraction of sp³-hybridized carbons (Fsp3) is 0.538. The Morgan fingerprint density at radius 1 is 1.18 bits per heavy atom. The molecular weight excluding hydrogens is 219 g/mol. The predicted molar refractivity (Wildman–Crippen MR) is 65.8 cm³/mol. The Balaban J connectivity index is 1.60. The van der Waals surface area contributed by atoms with Crippen LogP contribution in [0, 0.1) is 5.82 Å². The van der Waals surface area contributed by atoms with Crippen molar-refractivity contribution >= 4 is 0 Å². The van der Waals surface area contributed by atoms with Crippen LogP contribution < -0.4 is 10.1 Å². The van der Waals surface area contributed by atoms with Crippen LogP contribution in [0.25, 0.3) is 0 Å². The fourth-order valence-corrected chi connectivity index (χ4v) is 1.94. The number of hydrogen-bond acceptors (Lipinski definition) is 3. The monoisotopic (exact) mass is 238 g/mol. The van der Waals surface area contributed by atoms with E-state index in [4.69, 9.17) is 4.74 Å². The molecule has 0 saturated carbocycles. The van der Waals surface area contributed by atoms with Crippen molar-refractivity contribution in [1.82, 2.24) is 10.2 Å². The molecule has 0 radical (unpaired) electrons. The van der Waals surface area contributed by atoms with E-state index in [1.54, 1.807) is 12.1 Å². The van der Waals surface area contributed by atoms with E-state index in [0.717, 1.165) is 44.9 Å². The summed E-state index contributed by atoms with van der Waals surface area (Å²) >= 11 is 0. The Bertz CT molecular complexity index is 323. The first-order chi connectivity index (χ1) is 8.34. The van der Waals surface area contributed by atoms with Gasteiger partial charge in [0.25, 0.3) is 0 Å². The summed E-state index contributed by atoms with van der Waals surface area (Å²) in [5.41, 5.74) is 0. The highest BCUT2D eigenvalue weighted by atomic mass is 19.1. The number of nitrogens with zero attached hydrogens (tertiary/aromatic N) is 1. The maximum Gasteiger partial charge on any atom is 0.123 e. The molecule has 1 saturated heterocycles.